The van der Waals surface area contributed by atoms with Gasteiger partial charge in [-0.2, -0.15) is 4.31 Å². The largest absolute Gasteiger partial charge is 0.468 e. The number of rotatable bonds is 6. The molecule has 2 aromatic rings. The van der Waals surface area contributed by atoms with Crippen molar-refractivity contribution in [2.75, 3.05) is 12.9 Å². The maximum atomic E-state index is 12.7. The highest BCUT2D eigenvalue weighted by atomic mass is 32.2. The van der Waals surface area contributed by atoms with Crippen molar-refractivity contribution in [2.45, 2.75) is 38.9 Å². The summed E-state index contributed by atoms with van der Waals surface area (Å²) in [5.41, 5.74) is 2.68. The number of imidazole rings is 1. The third kappa shape index (κ3) is 3.66. The number of sulfonamides is 1. The number of carbonyl (C=O) groups is 1. The lowest BCUT2D eigenvalue weighted by atomic mass is 10.1. The monoisotopic (exact) mass is 377 g/mol. The van der Waals surface area contributed by atoms with Gasteiger partial charge in [0.2, 0.25) is 10.0 Å². The molecule has 1 aliphatic heterocycles. The third-order valence-corrected chi connectivity index (χ3v) is 6.58. The van der Waals surface area contributed by atoms with Gasteiger partial charge in [-0.05, 0) is 12.0 Å². The number of esters is 1. The molecule has 0 spiro atoms. The maximum Gasteiger partial charge on any atom is 0.324 e. The first-order valence-electron chi connectivity index (χ1n) is 8.60. The van der Waals surface area contributed by atoms with Crippen LogP contribution in [0.5, 0.6) is 0 Å². The summed E-state index contributed by atoms with van der Waals surface area (Å²) in [4.78, 5) is 16.6. The van der Waals surface area contributed by atoms with Crippen LogP contribution in [0.15, 0.2) is 36.7 Å². The molecule has 0 bridgehead atoms. The standard InChI is InChI=1S/C18H23N3O4S/c1-3-9-26(23,24)21-12-17-15(10-16(21)18(22)25-2)19-13-20(17)11-14-7-5-4-6-8-14/h4-8,13,16H,3,9-12H2,1-2H3/t16-/m0/s1. The first-order chi connectivity index (χ1) is 12.5. The summed E-state index contributed by atoms with van der Waals surface area (Å²) in [7, 11) is -2.28. The van der Waals surface area contributed by atoms with Crippen LogP contribution in [-0.4, -0.2) is 47.1 Å². The Kier molecular flexibility index (Phi) is 5.43. The fourth-order valence-electron chi connectivity index (χ4n) is 3.27. The number of benzene rings is 1. The van der Waals surface area contributed by atoms with Crippen LogP contribution >= 0.6 is 0 Å². The molecule has 7 nitrogen and oxygen atoms in total. The van der Waals surface area contributed by atoms with E-state index in [1.54, 1.807) is 13.3 Å². The topological polar surface area (TPSA) is 81.5 Å². The first kappa shape index (κ1) is 18.6. The van der Waals surface area contributed by atoms with E-state index in [2.05, 4.69) is 4.98 Å². The van der Waals surface area contributed by atoms with E-state index in [1.165, 1.54) is 11.4 Å². The van der Waals surface area contributed by atoms with Gasteiger partial charge in [-0.3, -0.25) is 4.79 Å². The molecule has 1 aromatic carbocycles. The van der Waals surface area contributed by atoms with Crippen molar-refractivity contribution >= 4 is 16.0 Å². The lowest BCUT2D eigenvalue weighted by molar-refractivity contribution is -0.145. The van der Waals surface area contributed by atoms with Crippen molar-refractivity contribution in [1.82, 2.24) is 13.9 Å². The molecule has 26 heavy (non-hydrogen) atoms. The zero-order valence-corrected chi connectivity index (χ0v) is 15.8. The van der Waals surface area contributed by atoms with Gasteiger partial charge in [-0.25, -0.2) is 13.4 Å². The van der Waals surface area contributed by atoms with Crippen LogP contribution in [0.3, 0.4) is 0 Å². The summed E-state index contributed by atoms with van der Waals surface area (Å²) in [6.07, 6.45) is 2.43. The van der Waals surface area contributed by atoms with Crippen LogP contribution in [0.2, 0.25) is 0 Å². The van der Waals surface area contributed by atoms with Gasteiger partial charge >= 0.3 is 5.97 Å². The smallest absolute Gasteiger partial charge is 0.324 e. The highest BCUT2D eigenvalue weighted by molar-refractivity contribution is 7.89. The molecule has 1 atom stereocenters. The molecule has 0 radical (unpaired) electrons. The molecule has 0 fully saturated rings. The molecular weight excluding hydrogens is 354 g/mol. The fraction of sp³-hybridized carbons (Fsp3) is 0.444. The van der Waals surface area contributed by atoms with Crippen molar-refractivity contribution in [2.24, 2.45) is 0 Å². The molecule has 1 aliphatic rings. The van der Waals surface area contributed by atoms with Gasteiger partial charge < -0.3 is 9.30 Å². The van der Waals surface area contributed by atoms with Gasteiger partial charge in [0, 0.05) is 13.0 Å². The minimum absolute atomic E-state index is 0.00263. The lowest BCUT2D eigenvalue weighted by Crippen LogP contribution is -2.50. The Morgan fingerprint density at radius 3 is 2.69 bits per heavy atom. The Labute approximate surface area is 153 Å². The number of hydrogen-bond donors (Lipinski definition) is 0. The van der Waals surface area contributed by atoms with E-state index >= 15 is 0 Å². The molecule has 0 aliphatic carbocycles. The Bertz CT molecular complexity index is 877. The van der Waals surface area contributed by atoms with Crippen molar-refractivity contribution in [3.8, 4) is 0 Å². The molecule has 8 heteroatoms. The minimum atomic E-state index is -3.56. The summed E-state index contributed by atoms with van der Waals surface area (Å²) in [5, 5.41) is 0. The van der Waals surface area contributed by atoms with Gasteiger partial charge in [-0.15, -0.1) is 0 Å². The Morgan fingerprint density at radius 2 is 2.04 bits per heavy atom. The zero-order valence-electron chi connectivity index (χ0n) is 15.0. The number of hydrogen-bond acceptors (Lipinski definition) is 5. The van der Waals surface area contributed by atoms with E-state index in [0.29, 0.717) is 13.0 Å². The van der Waals surface area contributed by atoms with Gasteiger partial charge in [0.15, 0.2) is 0 Å². The van der Waals surface area contributed by atoms with E-state index in [1.807, 2.05) is 34.9 Å². The molecule has 0 unspecified atom stereocenters. The zero-order chi connectivity index (χ0) is 18.7. The van der Waals surface area contributed by atoms with Gasteiger partial charge in [0.25, 0.3) is 0 Å². The van der Waals surface area contributed by atoms with E-state index in [0.717, 1.165) is 17.0 Å². The van der Waals surface area contributed by atoms with E-state index in [-0.39, 0.29) is 18.7 Å². The lowest BCUT2D eigenvalue weighted by Gasteiger charge is -2.33. The Balaban J connectivity index is 1.95. The van der Waals surface area contributed by atoms with Crippen LogP contribution in [0, 0.1) is 0 Å². The molecule has 1 aromatic heterocycles. The van der Waals surface area contributed by atoms with Crippen molar-refractivity contribution < 1.29 is 17.9 Å². The highest BCUT2D eigenvalue weighted by Crippen LogP contribution is 2.27. The molecular formula is C18H23N3O4S. The van der Waals surface area contributed by atoms with Crippen LogP contribution in [-0.2, 0) is 39.1 Å². The average Bonchev–Trinajstić information content (AvgIpc) is 3.03. The van der Waals surface area contributed by atoms with Crippen molar-refractivity contribution in [3.05, 3.63) is 53.6 Å². The second kappa shape index (κ2) is 7.59. The first-order valence-corrected chi connectivity index (χ1v) is 10.2. The van der Waals surface area contributed by atoms with Gasteiger partial charge in [-0.1, -0.05) is 37.3 Å². The Hall–Kier alpha value is -2.19. The van der Waals surface area contributed by atoms with Gasteiger partial charge in [0.1, 0.15) is 6.04 Å². The van der Waals surface area contributed by atoms with Crippen LogP contribution in [0.4, 0.5) is 0 Å². The van der Waals surface area contributed by atoms with E-state index < -0.39 is 22.0 Å². The number of ether oxygens (including phenoxy) is 1. The predicted molar refractivity (Wildman–Crippen MR) is 96.9 cm³/mol. The number of aromatic nitrogens is 2. The summed E-state index contributed by atoms with van der Waals surface area (Å²) in [6, 6.07) is 9.04. The Morgan fingerprint density at radius 1 is 1.31 bits per heavy atom. The number of nitrogens with zero attached hydrogens (tertiary/aromatic N) is 3. The van der Waals surface area contributed by atoms with E-state index in [9.17, 15) is 13.2 Å². The fourth-order valence-corrected chi connectivity index (χ4v) is 4.88. The summed E-state index contributed by atoms with van der Waals surface area (Å²) in [6.45, 7) is 2.54. The van der Waals surface area contributed by atoms with Gasteiger partial charge in [0.05, 0.1) is 37.1 Å². The predicted octanol–water partition coefficient (Wildman–Crippen LogP) is 1.57. The number of fused-ring (bicyclic) bond motifs is 1. The average molecular weight is 377 g/mol. The van der Waals surface area contributed by atoms with E-state index in [4.69, 9.17) is 4.74 Å². The summed E-state index contributed by atoms with van der Waals surface area (Å²) >= 11 is 0. The normalized spacial score (nSPS) is 17.7. The number of methoxy groups -OCH3 is 1. The summed E-state index contributed by atoms with van der Waals surface area (Å²) < 4.78 is 33.5. The SMILES string of the molecule is CCCS(=O)(=O)N1Cc2c(ncn2Cc2ccccc2)C[C@H]1C(=O)OC. The van der Waals surface area contributed by atoms with Crippen LogP contribution in [0.25, 0.3) is 0 Å². The molecule has 0 amide bonds. The third-order valence-electron chi connectivity index (χ3n) is 4.56. The maximum absolute atomic E-state index is 12.7. The molecule has 3 rings (SSSR count). The molecule has 2 heterocycles. The van der Waals surface area contributed by atoms with Crippen LogP contribution < -0.4 is 0 Å². The second-order valence-corrected chi connectivity index (χ2v) is 8.40. The van der Waals surface area contributed by atoms with Crippen molar-refractivity contribution in [1.29, 1.82) is 0 Å². The molecule has 0 saturated heterocycles. The number of carbonyl (C=O) groups excluding carboxylic acids is 1. The van der Waals surface area contributed by atoms with Crippen LogP contribution in [0.1, 0.15) is 30.3 Å². The highest BCUT2D eigenvalue weighted by Gasteiger charge is 2.40. The summed E-state index contributed by atoms with van der Waals surface area (Å²) in [5.74, 6) is -0.546. The molecule has 0 N–H and O–H groups in total. The molecule has 140 valence electrons. The van der Waals surface area contributed by atoms with Crippen molar-refractivity contribution in [3.63, 3.8) is 0 Å². The quantitative estimate of drug-likeness (QED) is 0.714. The minimum Gasteiger partial charge on any atom is -0.468 e. The second-order valence-electron chi connectivity index (χ2n) is 6.36. The molecule has 0 saturated carbocycles.